The van der Waals surface area contributed by atoms with Crippen LogP contribution in [0.15, 0.2) is 35.4 Å². The second-order valence-electron chi connectivity index (χ2n) is 3.22. The molecule has 1 amide bonds. The van der Waals surface area contributed by atoms with Gasteiger partial charge in [0.05, 0.1) is 10.8 Å². The highest BCUT2D eigenvalue weighted by atomic mass is 35.5. The van der Waals surface area contributed by atoms with Crippen LogP contribution in [0.2, 0.25) is 5.02 Å². The van der Waals surface area contributed by atoms with Gasteiger partial charge in [-0.05, 0) is 12.1 Å². The number of hydrogen-bond donors (Lipinski definition) is 1. The lowest BCUT2D eigenvalue weighted by Crippen LogP contribution is -2.14. The standard InChI is InChI=1S/C11H8ClNO2S/c12-8-3-1-2-7(4-8)9(14)5-11-13-10(15)6-16-11/h1-5H,6H2,(H,13,15)/b11-5-. The summed E-state index contributed by atoms with van der Waals surface area (Å²) in [7, 11) is 0. The average Bonchev–Trinajstić information content (AvgIpc) is 2.64. The van der Waals surface area contributed by atoms with E-state index >= 15 is 0 Å². The fraction of sp³-hybridized carbons (Fsp3) is 0.0909. The van der Waals surface area contributed by atoms with Crippen LogP contribution in [-0.4, -0.2) is 17.4 Å². The molecular weight excluding hydrogens is 246 g/mol. The summed E-state index contributed by atoms with van der Waals surface area (Å²) < 4.78 is 0. The van der Waals surface area contributed by atoms with Crippen molar-refractivity contribution in [3.8, 4) is 0 Å². The lowest BCUT2D eigenvalue weighted by molar-refractivity contribution is -0.117. The van der Waals surface area contributed by atoms with Gasteiger partial charge in [-0.1, -0.05) is 35.5 Å². The number of halogens is 1. The molecule has 1 aromatic carbocycles. The molecule has 1 saturated heterocycles. The number of benzene rings is 1. The van der Waals surface area contributed by atoms with Gasteiger partial charge in [0.25, 0.3) is 0 Å². The van der Waals surface area contributed by atoms with E-state index in [0.29, 0.717) is 21.4 Å². The van der Waals surface area contributed by atoms with Crippen molar-refractivity contribution in [2.24, 2.45) is 0 Å². The number of rotatable bonds is 2. The number of carbonyl (C=O) groups excluding carboxylic acids is 2. The maximum Gasteiger partial charge on any atom is 0.235 e. The Hall–Kier alpha value is -1.26. The fourth-order valence-electron chi connectivity index (χ4n) is 1.27. The van der Waals surface area contributed by atoms with E-state index < -0.39 is 0 Å². The van der Waals surface area contributed by atoms with E-state index in [-0.39, 0.29) is 11.7 Å². The van der Waals surface area contributed by atoms with E-state index in [9.17, 15) is 9.59 Å². The molecule has 5 heteroatoms. The lowest BCUT2D eigenvalue weighted by Gasteiger charge is -1.98. The Balaban J connectivity index is 2.17. The van der Waals surface area contributed by atoms with Gasteiger partial charge in [0, 0.05) is 16.7 Å². The molecule has 0 unspecified atom stereocenters. The van der Waals surface area contributed by atoms with Gasteiger partial charge in [-0.15, -0.1) is 0 Å². The predicted octanol–water partition coefficient (Wildman–Crippen LogP) is 2.23. The minimum atomic E-state index is -0.160. The molecule has 0 spiro atoms. The molecule has 0 bridgehead atoms. The van der Waals surface area contributed by atoms with Gasteiger partial charge in [-0.2, -0.15) is 0 Å². The smallest absolute Gasteiger partial charge is 0.235 e. The zero-order valence-electron chi connectivity index (χ0n) is 8.20. The number of carbonyl (C=O) groups is 2. The number of nitrogens with one attached hydrogen (secondary N) is 1. The summed E-state index contributed by atoms with van der Waals surface area (Å²) in [5, 5.41) is 3.71. The molecule has 0 radical (unpaired) electrons. The average molecular weight is 254 g/mol. The summed E-state index contributed by atoms with van der Waals surface area (Å²) in [5.41, 5.74) is 0.516. The minimum Gasteiger partial charge on any atom is -0.320 e. The van der Waals surface area contributed by atoms with Gasteiger partial charge in [0.15, 0.2) is 5.78 Å². The normalized spacial score (nSPS) is 17.6. The molecule has 16 heavy (non-hydrogen) atoms. The van der Waals surface area contributed by atoms with Crippen LogP contribution in [0.4, 0.5) is 0 Å². The Morgan fingerprint density at radius 3 is 2.94 bits per heavy atom. The molecule has 1 fully saturated rings. The van der Waals surface area contributed by atoms with Crippen molar-refractivity contribution >= 4 is 35.1 Å². The molecule has 1 heterocycles. The molecule has 1 N–H and O–H groups in total. The molecule has 1 aliphatic rings. The van der Waals surface area contributed by atoms with E-state index in [1.54, 1.807) is 24.3 Å². The zero-order chi connectivity index (χ0) is 11.5. The monoisotopic (exact) mass is 253 g/mol. The van der Waals surface area contributed by atoms with E-state index in [2.05, 4.69) is 5.32 Å². The Kier molecular flexibility index (Phi) is 3.31. The topological polar surface area (TPSA) is 46.2 Å². The number of amides is 1. The third-order valence-corrected chi connectivity index (χ3v) is 3.17. The van der Waals surface area contributed by atoms with Crippen molar-refractivity contribution in [3.05, 3.63) is 46.0 Å². The Morgan fingerprint density at radius 2 is 2.31 bits per heavy atom. The van der Waals surface area contributed by atoms with Gasteiger partial charge in [-0.25, -0.2) is 0 Å². The third kappa shape index (κ3) is 2.65. The molecule has 0 aromatic heterocycles. The second kappa shape index (κ2) is 4.72. The quantitative estimate of drug-likeness (QED) is 0.649. The van der Waals surface area contributed by atoms with E-state index in [0.717, 1.165) is 0 Å². The number of ketones is 1. The number of hydrogen-bond acceptors (Lipinski definition) is 3. The Morgan fingerprint density at radius 1 is 1.50 bits per heavy atom. The van der Waals surface area contributed by atoms with Crippen LogP contribution >= 0.6 is 23.4 Å². The first-order valence-electron chi connectivity index (χ1n) is 4.59. The second-order valence-corrected chi connectivity index (χ2v) is 4.67. The molecule has 1 aromatic rings. The van der Waals surface area contributed by atoms with Crippen molar-refractivity contribution in [3.63, 3.8) is 0 Å². The highest BCUT2D eigenvalue weighted by molar-refractivity contribution is 8.04. The van der Waals surface area contributed by atoms with E-state index in [1.807, 2.05) is 0 Å². The fourth-order valence-corrected chi connectivity index (χ4v) is 2.20. The maximum absolute atomic E-state index is 11.8. The van der Waals surface area contributed by atoms with Crippen molar-refractivity contribution < 1.29 is 9.59 Å². The van der Waals surface area contributed by atoms with Crippen molar-refractivity contribution in [2.75, 3.05) is 5.75 Å². The van der Waals surface area contributed by atoms with E-state index in [4.69, 9.17) is 11.6 Å². The van der Waals surface area contributed by atoms with Gasteiger partial charge < -0.3 is 5.32 Å². The first-order chi connectivity index (χ1) is 7.65. The third-order valence-electron chi connectivity index (χ3n) is 1.99. The lowest BCUT2D eigenvalue weighted by atomic mass is 10.1. The Labute approximate surface area is 102 Å². The van der Waals surface area contributed by atoms with E-state index in [1.165, 1.54) is 17.8 Å². The summed E-state index contributed by atoms with van der Waals surface area (Å²) in [6, 6.07) is 6.71. The van der Waals surface area contributed by atoms with Gasteiger partial charge >= 0.3 is 0 Å². The van der Waals surface area contributed by atoms with Crippen molar-refractivity contribution in [1.29, 1.82) is 0 Å². The first kappa shape index (κ1) is 11.2. The molecule has 0 saturated carbocycles. The number of thioether (sulfide) groups is 1. The maximum atomic E-state index is 11.8. The van der Waals surface area contributed by atoms with Crippen LogP contribution in [0.1, 0.15) is 10.4 Å². The molecule has 0 aliphatic carbocycles. The van der Waals surface area contributed by atoms with Gasteiger partial charge in [-0.3, -0.25) is 9.59 Å². The summed E-state index contributed by atoms with van der Waals surface area (Å²) in [6.07, 6.45) is 1.42. The zero-order valence-corrected chi connectivity index (χ0v) is 9.77. The Bertz CT molecular complexity index is 485. The molecule has 0 atom stereocenters. The summed E-state index contributed by atoms with van der Waals surface area (Å²) in [4.78, 5) is 22.7. The summed E-state index contributed by atoms with van der Waals surface area (Å²) >= 11 is 7.11. The van der Waals surface area contributed by atoms with Gasteiger partial charge in [0.1, 0.15) is 0 Å². The van der Waals surface area contributed by atoms with Crippen LogP contribution in [0.5, 0.6) is 0 Å². The van der Waals surface area contributed by atoms with Crippen LogP contribution < -0.4 is 5.32 Å². The molecule has 2 rings (SSSR count). The highest BCUT2D eigenvalue weighted by Crippen LogP contribution is 2.20. The van der Waals surface area contributed by atoms with Crippen LogP contribution in [0.25, 0.3) is 0 Å². The molecular formula is C11H8ClNO2S. The largest absolute Gasteiger partial charge is 0.320 e. The van der Waals surface area contributed by atoms with Crippen molar-refractivity contribution in [2.45, 2.75) is 0 Å². The molecule has 82 valence electrons. The SMILES string of the molecule is O=C1CS/C(=C\C(=O)c2cccc(Cl)c2)N1. The minimum absolute atomic E-state index is 0.0739. The van der Waals surface area contributed by atoms with Crippen LogP contribution in [0, 0.1) is 0 Å². The number of allylic oxidation sites excluding steroid dienone is 1. The predicted molar refractivity (Wildman–Crippen MR) is 64.5 cm³/mol. The molecule has 1 aliphatic heterocycles. The van der Waals surface area contributed by atoms with Gasteiger partial charge in [0.2, 0.25) is 5.91 Å². The van der Waals surface area contributed by atoms with Crippen LogP contribution in [0.3, 0.4) is 0 Å². The molecule has 3 nitrogen and oxygen atoms in total. The summed E-state index contributed by atoms with van der Waals surface area (Å²) in [5.74, 6) is 0.136. The first-order valence-corrected chi connectivity index (χ1v) is 5.96. The summed E-state index contributed by atoms with van der Waals surface area (Å²) in [6.45, 7) is 0. The van der Waals surface area contributed by atoms with Crippen molar-refractivity contribution in [1.82, 2.24) is 5.32 Å². The van der Waals surface area contributed by atoms with Crippen LogP contribution in [-0.2, 0) is 4.79 Å². The highest BCUT2D eigenvalue weighted by Gasteiger charge is 2.16.